The summed E-state index contributed by atoms with van der Waals surface area (Å²) < 4.78 is 36.9. The normalized spacial score (nSPS) is 11.9. The third-order valence-electron chi connectivity index (χ3n) is 1.49. The second-order valence-corrected chi connectivity index (χ2v) is 4.05. The number of halogens is 6. The molecule has 1 aromatic carbocycles. The molecule has 78 valence electrons. The van der Waals surface area contributed by atoms with E-state index in [0.29, 0.717) is 0 Å². The lowest BCUT2D eigenvalue weighted by molar-refractivity contribution is -0.138. The van der Waals surface area contributed by atoms with Crippen LogP contribution in [0.25, 0.3) is 0 Å². The van der Waals surface area contributed by atoms with Crippen LogP contribution in [0.4, 0.5) is 18.9 Å². The first-order chi connectivity index (χ1) is 6.25. The number of hydrogen-bond acceptors (Lipinski definition) is 1. The summed E-state index contributed by atoms with van der Waals surface area (Å²) in [7, 11) is 0. The van der Waals surface area contributed by atoms with Crippen LogP contribution in [0.15, 0.2) is 10.5 Å². The lowest BCUT2D eigenvalue weighted by Gasteiger charge is -2.13. The molecule has 0 fully saturated rings. The van der Waals surface area contributed by atoms with Gasteiger partial charge in [-0.25, -0.2) is 0 Å². The van der Waals surface area contributed by atoms with Crippen LogP contribution in [-0.2, 0) is 6.18 Å². The molecular weight excluding hydrogens is 306 g/mol. The van der Waals surface area contributed by atoms with Gasteiger partial charge in [0, 0.05) is 0 Å². The van der Waals surface area contributed by atoms with Crippen LogP contribution in [0.2, 0.25) is 10.0 Å². The van der Waals surface area contributed by atoms with Gasteiger partial charge < -0.3 is 5.73 Å². The van der Waals surface area contributed by atoms with E-state index in [2.05, 4.69) is 15.9 Å². The largest absolute Gasteiger partial charge is 0.419 e. The molecule has 0 spiro atoms. The highest BCUT2D eigenvalue weighted by Crippen LogP contribution is 2.44. The number of hydrogen-bond donors (Lipinski definition) is 1. The minimum absolute atomic E-state index is 0.0186. The maximum Gasteiger partial charge on any atom is 0.419 e. The molecule has 1 rings (SSSR count). The molecule has 0 radical (unpaired) electrons. The van der Waals surface area contributed by atoms with Gasteiger partial charge in [-0.2, -0.15) is 13.2 Å². The smallest absolute Gasteiger partial charge is 0.397 e. The fraction of sp³-hybridized carbons (Fsp3) is 0.143. The van der Waals surface area contributed by atoms with Crippen molar-refractivity contribution < 1.29 is 13.2 Å². The summed E-state index contributed by atoms with van der Waals surface area (Å²) in [5.41, 5.74) is 4.12. The van der Waals surface area contributed by atoms with Gasteiger partial charge in [-0.3, -0.25) is 0 Å². The van der Waals surface area contributed by atoms with Crippen molar-refractivity contribution >= 4 is 44.8 Å². The summed E-state index contributed by atoms with van der Waals surface area (Å²) in [6.07, 6.45) is -4.56. The topological polar surface area (TPSA) is 26.0 Å². The Hall–Kier alpha value is -0.130. The second kappa shape index (κ2) is 3.79. The van der Waals surface area contributed by atoms with Crippen LogP contribution in [-0.4, -0.2) is 0 Å². The molecule has 0 saturated heterocycles. The molecule has 0 saturated carbocycles. The average molecular weight is 309 g/mol. The summed E-state index contributed by atoms with van der Waals surface area (Å²) in [5, 5.41) is -0.501. The van der Waals surface area contributed by atoms with Gasteiger partial charge in [-0.15, -0.1) is 0 Å². The molecule has 7 heteroatoms. The van der Waals surface area contributed by atoms with Gasteiger partial charge in [-0.05, 0) is 22.0 Å². The molecule has 0 aromatic heterocycles. The highest BCUT2D eigenvalue weighted by atomic mass is 79.9. The van der Waals surface area contributed by atoms with Crippen molar-refractivity contribution in [2.75, 3.05) is 5.73 Å². The molecule has 0 atom stereocenters. The van der Waals surface area contributed by atoms with Crippen LogP contribution >= 0.6 is 39.1 Å². The Morgan fingerprint density at radius 2 is 1.71 bits per heavy atom. The minimum atomic E-state index is -4.56. The molecule has 1 aromatic rings. The van der Waals surface area contributed by atoms with E-state index in [9.17, 15) is 13.2 Å². The lowest BCUT2D eigenvalue weighted by Crippen LogP contribution is -2.08. The zero-order chi connectivity index (χ0) is 11.1. The van der Waals surface area contributed by atoms with Crippen LogP contribution in [0.5, 0.6) is 0 Å². The molecule has 2 N–H and O–H groups in total. The molecule has 0 amide bonds. The van der Waals surface area contributed by atoms with E-state index in [0.717, 1.165) is 6.07 Å². The van der Waals surface area contributed by atoms with Crippen molar-refractivity contribution in [3.8, 4) is 0 Å². The Labute approximate surface area is 96.1 Å². The maximum absolute atomic E-state index is 12.4. The predicted molar refractivity (Wildman–Crippen MR) is 53.6 cm³/mol. The Bertz CT molecular complexity index is 378. The van der Waals surface area contributed by atoms with Crippen LogP contribution in [0, 0.1) is 0 Å². The Kier molecular flexibility index (Phi) is 3.23. The third kappa shape index (κ3) is 2.10. The first-order valence-corrected chi connectivity index (χ1v) is 4.80. The van der Waals surface area contributed by atoms with E-state index in [4.69, 9.17) is 28.9 Å². The first-order valence-electron chi connectivity index (χ1n) is 3.25. The first kappa shape index (κ1) is 11.9. The predicted octanol–water partition coefficient (Wildman–Crippen LogP) is 4.36. The molecule has 0 aliphatic carbocycles. The van der Waals surface area contributed by atoms with Crippen LogP contribution in [0.1, 0.15) is 5.56 Å². The third-order valence-corrected chi connectivity index (χ3v) is 2.92. The number of nitrogens with two attached hydrogens (primary N) is 1. The van der Waals surface area contributed by atoms with E-state index in [-0.39, 0.29) is 15.2 Å². The molecule has 0 aliphatic rings. The standard InChI is InChI=1S/C7H3BrCl2F3N/c8-5-4(7(11,12)13)2(9)1-3(10)6(5)14/h1H,14H2. The van der Waals surface area contributed by atoms with Crippen molar-refractivity contribution in [1.82, 2.24) is 0 Å². The zero-order valence-electron chi connectivity index (χ0n) is 6.42. The quantitative estimate of drug-likeness (QED) is 0.708. The monoisotopic (exact) mass is 307 g/mol. The van der Waals surface area contributed by atoms with E-state index in [1.165, 1.54) is 0 Å². The van der Waals surface area contributed by atoms with E-state index in [1.807, 2.05) is 0 Å². The summed E-state index contributed by atoms with van der Waals surface area (Å²) in [6.45, 7) is 0. The second-order valence-electron chi connectivity index (χ2n) is 2.44. The summed E-state index contributed by atoms with van der Waals surface area (Å²) in [5.74, 6) is 0. The highest BCUT2D eigenvalue weighted by Gasteiger charge is 2.37. The average Bonchev–Trinajstić information content (AvgIpc) is 1.97. The van der Waals surface area contributed by atoms with Crippen LogP contribution < -0.4 is 5.73 Å². The number of rotatable bonds is 0. The van der Waals surface area contributed by atoms with Crippen molar-refractivity contribution in [1.29, 1.82) is 0 Å². The number of benzene rings is 1. The fourth-order valence-corrected chi connectivity index (χ4v) is 2.32. The molecule has 14 heavy (non-hydrogen) atoms. The number of nitrogen functional groups attached to an aromatic ring is 1. The van der Waals surface area contributed by atoms with Crippen molar-refractivity contribution in [2.24, 2.45) is 0 Å². The number of alkyl halides is 3. The summed E-state index contributed by atoms with van der Waals surface area (Å²) >= 11 is 13.6. The molecule has 0 unspecified atom stereocenters. The highest BCUT2D eigenvalue weighted by molar-refractivity contribution is 9.10. The summed E-state index contributed by atoms with van der Waals surface area (Å²) in [6, 6.07) is 0.964. The van der Waals surface area contributed by atoms with Crippen molar-refractivity contribution in [2.45, 2.75) is 6.18 Å². The van der Waals surface area contributed by atoms with E-state index < -0.39 is 16.8 Å². The Balaban J connectivity index is 3.53. The van der Waals surface area contributed by atoms with Gasteiger partial charge in [0.05, 0.1) is 25.8 Å². The molecule has 0 heterocycles. The van der Waals surface area contributed by atoms with Crippen molar-refractivity contribution in [3.63, 3.8) is 0 Å². The van der Waals surface area contributed by atoms with Gasteiger partial charge in [0.1, 0.15) is 0 Å². The SMILES string of the molecule is Nc1c(Cl)cc(Cl)c(C(F)(F)F)c1Br. The molecule has 1 nitrogen and oxygen atoms in total. The lowest BCUT2D eigenvalue weighted by atomic mass is 10.2. The molecule has 0 aliphatic heterocycles. The van der Waals surface area contributed by atoms with Gasteiger partial charge >= 0.3 is 6.18 Å². The Morgan fingerprint density at radius 3 is 2.14 bits per heavy atom. The van der Waals surface area contributed by atoms with Gasteiger partial charge in [0.15, 0.2) is 0 Å². The van der Waals surface area contributed by atoms with Gasteiger partial charge in [0.25, 0.3) is 0 Å². The van der Waals surface area contributed by atoms with Gasteiger partial charge in [0.2, 0.25) is 0 Å². The van der Waals surface area contributed by atoms with E-state index >= 15 is 0 Å². The number of anilines is 1. The zero-order valence-corrected chi connectivity index (χ0v) is 9.52. The maximum atomic E-state index is 12.4. The Morgan fingerprint density at radius 1 is 1.21 bits per heavy atom. The van der Waals surface area contributed by atoms with E-state index in [1.54, 1.807) is 0 Å². The van der Waals surface area contributed by atoms with Gasteiger partial charge in [-0.1, -0.05) is 23.2 Å². The fourth-order valence-electron chi connectivity index (χ4n) is 0.865. The van der Waals surface area contributed by atoms with Crippen LogP contribution in [0.3, 0.4) is 0 Å². The molecular formula is C7H3BrCl2F3N. The summed E-state index contributed by atoms with van der Waals surface area (Å²) in [4.78, 5) is 0. The molecule has 0 bridgehead atoms. The van der Waals surface area contributed by atoms with Crippen molar-refractivity contribution in [3.05, 3.63) is 26.1 Å². The minimum Gasteiger partial charge on any atom is -0.397 e.